The fourth-order valence-electron chi connectivity index (χ4n) is 4.12. The Morgan fingerprint density at radius 3 is 2.57 bits per heavy atom. The van der Waals surface area contributed by atoms with Gasteiger partial charge in [0.1, 0.15) is 11.6 Å². The van der Waals surface area contributed by atoms with Crippen LogP contribution in [0.25, 0.3) is 0 Å². The number of benzene rings is 1. The average molecular weight is 388 g/mol. The largest absolute Gasteiger partial charge is 0.361 e. The molecule has 1 atom stereocenters. The summed E-state index contributed by atoms with van der Waals surface area (Å²) in [5.74, 6) is 1.59. The van der Waals surface area contributed by atoms with Gasteiger partial charge in [-0.1, -0.05) is 24.2 Å². The SMILES string of the molecule is Cc1noc(C)c1CCNC(CCCN1CCC(C)CC1)c1ccc(F)cc1. The summed E-state index contributed by atoms with van der Waals surface area (Å²) < 4.78 is 18.6. The van der Waals surface area contributed by atoms with Gasteiger partial charge in [0.05, 0.1) is 5.69 Å². The zero-order chi connectivity index (χ0) is 19.9. The van der Waals surface area contributed by atoms with Crippen molar-refractivity contribution in [2.45, 2.75) is 58.9 Å². The molecule has 154 valence electrons. The maximum Gasteiger partial charge on any atom is 0.137 e. The van der Waals surface area contributed by atoms with Crippen LogP contribution in [0.2, 0.25) is 0 Å². The Balaban J connectivity index is 1.53. The number of nitrogens with one attached hydrogen (secondary N) is 1. The van der Waals surface area contributed by atoms with E-state index in [1.807, 2.05) is 26.0 Å². The Morgan fingerprint density at radius 1 is 1.21 bits per heavy atom. The normalized spacial score (nSPS) is 17.1. The lowest BCUT2D eigenvalue weighted by Crippen LogP contribution is -2.34. The predicted molar refractivity (Wildman–Crippen MR) is 111 cm³/mol. The lowest BCUT2D eigenvalue weighted by molar-refractivity contribution is 0.187. The molecule has 1 N–H and O–H groups in total. The number of hydrogen-bond acceptors (Lipinski definition) is 4. The van der Waals surface area contributed by atoms with Gasteiger partial charge in [-0.05, 0) is 95.7 Å². The number of piperidine rings is 1. The molecule has 0 aliphatic carbocycles. The Labute approximate surface area is 168 Å². The molecule has 1 saturated heterocycles. The minimum atomic E-state index is -0.180. The first-order valence-electron chi connectivity index (χ1n) is 10.7. The molecule has 1 aliphatic heterocycles. The van der Waals surface area contributed by atoms with Crippen LogP contribution in [-0.2, 0) is 6.42 Å². The van der Waals surface area contributed by atoms with Crippen LogP contribution in [0.4, 0.5) is 4.39 Å². The van der Waals surface area contributed by atoms with Crippen molar-refractivity contribution in [2.24, 2.45) is 5.92 Å². The summed E-state index contributed by atoms with van der Waals surface area (Å²) in [5.41, 5.74) is 3.32. The number of aromatic nitrogens is 1. The van der Waals surface area contributed by atoms with E-state index in [2.05, 4.69) is 22.3 Å². The zero-order valence-corrected chi connectivity index (χ0v) is 17.5. The molecule has 2 heterocycles. The van der Waals surface area contributed by atoms with Crippen molar-refractivity contribution in [3.63, 3.8) is 0 Å². The van der Waals surface area contributed by atoms with Crippen LogP contribution < -0.4 is 5.32 Å². The molecule has 0 spiro atoms. The van der Waals surface area contributed by atoms with E-state index in [1.165, 1.54) is 31.5 Å². The highest BCUT2D eigenvalue weighted by Crippen LogP contribution is 2.22. The lowest BCUT2D eigenvalue weighted by atomic mass is 9.98. The topological polar surface area (TPSA) is 41.3 Å². The summed E-state index contributed by atoms with van der Waals surface area (Å²) in [5, 5.41) is 7.72. The third kappa shape index (κ3) is 5.89. The van der Waals surface area contributed by atoms with E-state index in [4.69, 9.17) is 4.52 Å². The molecule has 0 bridgehead atoms. The first-order chi connectivity index (χ1) is 13.5. The first kappa shape index (κ1) is 21.0. The molecule has 1 aromatic heterocycles. The van der Waals surface area contributed by atoms with Crippen molar-refractivity contribution in [2.75, 3.05) is 26.2 Å². The average Bonchev–Trinajstić information content (AvgIpc) is 3.01. The van der Waals surface area contributed by atoms with Crippen molar-refractivity contribution < 1.29 is 8.91 Å². The summed E-state index contributed by atoms with van der Waals surface area (Å²) in [7, 11) is 0. The van der Waals surface area contributed by atoms with Gasteiger partial charge in [0, 0.05) is 11.6 Å². The summed E-state index contributed by atoms with van der Waals surface area (Å²) in [6.45, 7) is 10.8. The third-order valence-corrected chi connectivity index (χ3v) is 6.06. The van der Waals surface area contributed by atoms with Gasteiger partial charge in [-0.2, -0.15) is 0 Å². The van der Waals surface area contributed by atoms with Crippen LogP contribution >= 0.6 is 0 Å². The van der Waals surface area contributed by atoms with Gasteiger partial charge in [-0.25, -0.2) is 4.39 Å². The Morgan fingerprint density at radius 2 is 1.93 bits per heavy atom. The molecule has 0 radical (unpaired) electrons. The van der Waals surface area contributed by atoms with Crippen molar-refractivity contribution >= 4 is 0 Å². The fourth-order valence-corrected chi connectivity index (χ4v) is 4.12. The number of halogens is 1. The number of rotatable bonds is 9. The second-order valence-electron chi connectivity index (χ2n) is 8.28. The molecular formula is C23H34FN3O. The Kier molecular flexibility index (Phi) is 7.63. The van der Waals surface area contributed by atoms with Gasteiger partial charge in [-0.15, -0.1) is 0 Å². The van der Waals surface area contributed by atoms with E-state index in [1.54, 1.807) is 12.1 Å². The van der Waals surface area contributed by atoms with Crippen LogP contribution in [0.15, 0.2) is 28.8 Å². The third-order valence-electron chi connectivity index (χ3n) is 6.06. The Bertz CT molecular complexity index is 700. The zero-order valence-electron chi connectivity index (χ0n) is 17.5. The highest BCUT2D eigenvalue weighted by molar-refractivity contribution is 5.22. The van der Waals surface area contributed by atoms with Gasteiger partial charge in [-0.3, -0.25) is 0 Å². The van der Waals surface area contributed by atoms with Crippen LogP contribution in [0, 0.1) is 25.6 Å². The fraction of sp³-hybridized carbons (Fsp3) is 0.609. The number of likely N-dealkylation sites (tertiary alicyclic amines) is 1. The number of nitrogens with zero attached hydrogens (tertiary/aromatic N) is 2. The molecular weight excluding hydrogens is 353 g/mol. The molecule has 5 heteroatoms. The second kappa shape index (κ2) is 10.2. The van der Waals surface area contributed by atoms with Crippen molar-refractivity contribution in [3.05, 3.63) is 52.7 Å². The van der Waals surface area contributed by atoms with E-state index in [0.29, 0.717) is 0 Å². The molecule has 1 fully saturated rings. The van der Waals surface area contributed by atoms with Gasteiger partial charge in [0.25, 0.3) is 0 Å². The summed E-state index contributed by atoms with van der Waals surface area (Å²) >= 11 is 0. The second-order valence-corrected chi connectivity index (χ2v) is 8.28. The van der Waals surface area contributed by atoms with Crippen LogP contribution in [0.1, 0.15) is 61.2 Å². The number of hydrogen-bond donors (Lipinski definition) is 1. The van der Waals surface area contributed by atoms with Crippen LogP contribution in [-0.4, -0.2) is 36.2 Å². The highest BCUT2D eigenvalue weighted by atomic mass is 19.1. The van der Waals surface area contributed by atoms with E-state index in [0.717, 1.165) is 55.3 Å². The first-order valence-corrected chi connectivity index (χ1v) is 10.7. The van der Waals surface area contributed by atoms with Crippen LogP contribution in [0.3, 0.4) is 0 Å². The maximum atomic E-state index is 13.4. The summed E-state index contributed by atoms with van der Waals surface area (Å²) in [6.07, 6.45) is 5.73. The van der Waals surface area contributed by atoms with Gasteiger partial charge >= 0.3 is 0 Å². The molecule has 28 heavy (non-hydrogen) atoms. The molecule has 3 rings (SSSR count). The standard InChI is InChI=1S/C23H34FN3O/c1-17-11-15-27(16-12-17)14-4-5-23(20-6-8-21(24)9-7-20)25-13-10-22-18(2)26-28-19(22)3/h6-9,17,23,25H,4-5,10-16H2,1-3H3. The smallest absolute Gasteiger partial charge is 0.137 e. The number of aryl methyl sites for hydroxylation is 2. The Hall–Kier alpha value is -1.72. The molecule has 1 unspecified atom stereocenters. The van der Waals surface area contributed by atoms with Gasteiger partial charge in [0.2, 0.25) is 0 Å². The highest BCUT2D eigenvalue weighted by Gasteiger charge is 2.17. The molecule has 1 aliphatic rings. The van der Waals surface area contributed by atoms with Crippen molar-refractivity contribution in [1.82, 2.24) is 15.4 Å². The van der Waals surface area contributed by atoms with Crippen LogP contribution in [0.5, 0.6) is 0 Å². The lowest BCUT2D eigenvalue weighted by Gasteiger charge is -2.30. The molecule has 1 aromatic carbocycles. The van der Waals surface area contributed by atoms with Crippen molar-refractivity contribution in [3.8, 4) is 0 Å². The van der Waals surface area contributed by atoms with Crippen molar-refractivity contribution in [1.29, 1.82) is 0 Å². The predicted octanol–water partition coefficient (Wildman–Crippen LogP) is 4.82. The molecule has 2 aromatic rings. The van der Waals surface area contributed by atoms with Gasteiger partial charge in [0.15, 0.2) is 0 Å². The molecule has 0 amide bonds. The summed E-state index contributed by atoms with van der Waals surface area (Å²) in [6, 6.07) is 7.18. The minimum Gasteiger partial charge on any atom is -0.361 e. The van der Waals surface area contributed by atoms with E-state index < -0.39 is 0 Å². The molecule has 4 nitrogen and oxygen atoms in total. The van der Waals surface area contributed by atoms with E-state index >= 15 is 0 Å². The monoisotopic (exact) mass is 387 g/mol. The minimum absolute atomic E-state index is 0.180. The van der Waals surface area contributed by atoms with Gasteiger partial charge < -0.3 is 14.7 Å². The maximum absolute atomic E-state index is 13.4. The van der Waals surface area contributed by atoms with E-state index in [9.17, 15) is 4.39 Å². The van der Waals surface area contributed by atoms with E-state index in [-0.39, 0.29) is 11.9 Å². The summed E-state index contributed by atoms with van der Waals surface area (Å²) in [4.78, 5) is 2.59. The quantitative estimate of drug-likeness (QED) is 0.670. The molecule has 0 saturated carbocycles.